The van der Waals surface area contributed by atoms with Crippen LogP contribution in [0.1, 0.15) is 17.5 Å². The van der Waals surface area contributed by atoms with Gasteiger partial charge in [-0.15, -0.1) is 0 Å². The lowest BCUT2D eigenvalue weighted by Crippen LogP contribution is -2.02. The summed E-state index contributed by atoms with van der Waals surface area (Å²) in [5.74, 6) is 3.63. The van der Waals surface area contributed by atoms with Crippen molar-refractivity contribution in [2.75, 3.05) is 0 Å². The molecule has 0 radical (unpaired) electrons. The van der Waals surface area contributed by atoms with Crippen molar-refractivity contribution >= 4 is 12.3 Å². The molecule has 0 atom stereocenters. The molecule has 0 bridgehead atoms. The summed E-state index contributed by atoms with van der Waals surface area (Å²) in [4.78, 5) is 20.6. The maximum Gasteiger partial charge on any atom is 0.307 e. The molecule has 1 aromatic rings. The van der Waals surface area contributed by atoms with Gasteiger partial charge >= 0.3 is 5.97 Å². The Hall–Kier alpha value is -2.15. The summed E-state index contributed by atoms with van der Waals surface area (Å²) >= 11 is 0. The summed E-state index contributed by atoms with van der Waals surface area (Å²) in [6, 6.07) is 3.75. The lowest BCUT2D eigenvalue weighted by molar-refractivity contribution is -0.136. The van der Waals surface area contributed by atoms with Gasteiger partial charge in [0.15, 0.2) is 0 Å². The van der Waals surface area contributed by atoms with Crippen LogP contribution in [0.4, 0.5) is 4.39 Å². The number of carbonyl (C=O) groups excluding carboxylic acids is 1. The third-order valence-electron chi connectivity index (χ3n) is 1.82. The summed E-state index contributed by atoms with van der Waals surface area (Å²) in [7, 11) is 0. The summed E-state index contributed by atoms with van der Waals surface area (Å²) in [6.45, 7) is 0. The number of aliphatic carboxylic acids is 1. The number of carboxylic acid groups (broad SMARTS) is 1. The summed E-state index contributed by atoms with van der Waals surface area (Å²) < 4.78 is 12.9. The monoisotopic (exact) mass is 220 g/mol. The number of hydrogen-bond donors (Lipinski definition) is 1. The van der Waals surface area contributed by atoms with Gasteiger partial charge in [-0.3, -0.25) is 4.79 Å². The molecule has 1 N–H and O–H groups in total. The maximum atomic E-state index is 12.9. The van der Waals surface area contributed by atoms with Crippen LogP contribution in [0.5, 0.6) is 0 Å². The van der Waals surface area contributed by atoms with Crippen LogP contribution in [0.2, 0.25) is 0 Å². The molecule has 16 heavy (non-hydrogen) atoms. The molecule has 0 amide bonds. The second kappa shape index (κ2) is 5.66. The van der Waals surface area contributed by atoms with Gasteiger partial charge in [-0.2, -0.15) is 0 Å². The highest BCUT2D eigenvalue weighted by Gasteiger charge is 2.06. The van der Waals surface area contributed by atoms with Gasteiger partial charge in [0.25, 0.3) is 0 Å². The molecule has 4 heteroatoms. The van der Waals surface area contributed by atoms with Crippen LogP contribution in [-0.4, -0.2) is 17.4 Å². The number of carbonyl (C=O) groups is 2. The lowest BCUT2D eigenvalue weighted by atomic mass is 10.0. The van der Waals surface area contributed by atoms with E-state index in [0.29, 0.717) is 17.4 Å². The SMILES string of the molecule is O=CCC#Cc1ccc(F)cc1CC(=O)O. The van der Waals surface area contributed by atoms with Gasteiger partial charge in [0.1, 0.15) is 12.1 Å². The smallest absolute Gasteiger partial charge is 0.307 e. The van der Waals surface area contributed by atoms with Crippen LogP contribution in [0.3, 0.4) is 0 Å². The Morgan fingerprint density at radius 2 is 2.25 bits per heavy atom. The number of rotatable bonds is 3. The minimum absolute atomic E-state index is 0.0733. The van der Waals surface area contributed by atoms with Crippen molar-refractivity contribution in [3.63, 3.8) is 0 Å². The molecule has 1 aromatic carbocycles. The fourth-order valence-electron chi connectivity index (χ4n) is 1.18. The van der Waals surface area contributed by atoms with E-state index in [0.717, 1.165) is 6.07 Å². The maximum absolute atomic E-state index is 12.9. The highest BCUT2D eigenvalue weighted by molar-refractivity contribution is 5.71. The second-order valence-corrected chi connectivity index (χ2v) is 3.04. The first-order valence-electron chi connectivity index (χ1n) is 4.56. The van der Waals surface area contributed by atoms with Crippen molar-refractivity contribution in [2.24, 2.45) is 0 Å². The molecular formula is C12H9FO3. The van der Waals surface area contributed by atoms with Crippen molar-refractivity contribution in [1.82, 2.24) is 0 Å². The Bertz CT molecular complexity index is 469. The third kappa shape index (κ3) is 3.54. The zero-order valence-corrected chi connectivity index (χ0v) is 8.37. The summed E-state index contributed by atoms with van der Waals surface area (Å²) in [5.41, 5.74) is 0.747. The van der Waals surface area contributed by atoms with Crippen LogP contribution >= 0.6 is 0 Å². The molecule has 0 unspecified atom stereocenters. The fraction of sp³-hybridized carbons (Fsp3) is 0.167. The van der Waals surface area contributed by atoms with E-state index < -0.39 is 11.8 Å². The Balaban J connectivity index is 3.03. The van der Waals surface area contributed by atoms with E-state index in [2.05, 4.69) is 11.8 Å². The third-order valence-corrected chi connectivity index (χ3v) is 1.82. The summed E-state index contributed by atoms with van der Waals surface area (Å²) in [5, 5.41) is 8.63. The minimum atomic E-state index is -1.05. The predicted molar refractivity (Wildman–Crippen MR) is 55.3 cm³/mol. The van der Waals surface area contributed by atoms with Gasteiger partial charge in [-0.25, -0.2) is 4.39 Å². The van der Waals surface area contributed by atoms with E-state index in [1.165, 1.54) is 12.1 Å². The molecule has 3 nitrogen and oxygen atoms in total. The van der Waals surface area contributed by atoms with Crippen LogP contribution in [0.15, 0.2) is 18.2 Å². The zero-order valence-electron chi connectivity index (χ0n) is 8.37. The van der Waals surface area contributed by atoms with Crippen molar-refractivity contribution in [3.05, 3.63) is 35.1 Å². The van der Waals surface area contributed by atoms with Crippen molar-refractivity contribution in [3.8, 4) is 11.8 Å². The van der Waals surface area contributed by atoms with Gasteiger partial charge in [-0.05, 0) is 23.8 Å². The minimum Gasteiger partial charge on any atom is -0.481 e. The van der Waals surface area contributed by atoms with Gasteiger partial charge in [0, 0.05) is 5.56 Å². The number of benzene rings is 1. The van der Waals surface area contributed by atoms with Crippen molar-refractivity contribution in [1.29, 1.82) is 0 Å². The highest BCUT2D eigenvalue weighted by Crippen LogP contribution is 2.11. The second-order valence-electron chi connectivity index (χ2n) is 3.04. The molecule has 0 aliphatic rings. The molecule has 0 saturated heterocycles. The molecule has 0 aromatic heterocycles. The van der Waals surface area contributed by atoms with E-state index in [1.54, 1.807) is 0 Å². The normalized spacial score (nSPS) is 9.06. The Kier molecular flexibility index (Phi) is 4.22. The van der Waals surface area contributed by atoms with Crippen LogP contribution < -0.4 is 0 Å². The average Bonchev–Trinajstić information content (AvgIpc) is 2.20. The van der Waals surface area contributed by atoms with E-state index in [9.17, 15) is 14.0 Å². The highest BCUT2D eigenvalue weighted by atomic mass is 19.1. The molecule has 0 fully saturated rings. The molecule has 0 aliphatic heterocycles. The van der Waals surface area contributed by atoms with Crippen LogP contribution in [-0.2, 0) is 16.0 Å². The summed E-state index contributed by atoms with van der Waals surface area (Å²) in [6.07, 6.45) is 0.431. The van der Waals surface area contributed by atoms with Crippen LogP contribution in [0, 0.1) is 17.7 Å². The van der Waals surface area contributed by atoms with Crippen molar-refractivity contribution in [2.45, 2.75) is 12.8 Å². The molecular weight excluding hydrogens is 211 g/mol. The Morgan fingerprint density at radius 1 is 1.50 bits per heavy atom. The first-order valence-corrected chi connectivity index (χ1v) is 4.56. The standard InChI is InChI=1S/C12H9FO3/c13-11-5-4-9(3-1-2-6-14)10(7-11)8-12(15)16/h4-7H,2,8H2,(H,15,16). The molecule has 0 heterocycles. The van der Waals surface area contributed by atoms with Crippen LogP contribution in [0.25, 0.3) is 0 Å². The van der Waals surface area contributed by atoms with E-state index in [1.807, 2.05) is 0 Å². The van der Waals surface area contributed by atoms with E-state index >= 15 is 0 Å². The Morgan fingerprint density at radius 3 is 2.88 bits per heavy atom. The first-order chi connectivity index (χ1) is 7.63. The number of hydrogen-bond acceptors (Lipinski definition) is 2. The van der Waals surface area contributed by atoms with Gasteiger partial charge in [0.2, 0.25) is 0 Å². The number of carboxylic acids is 1. The molecule has 1 rings (SSSR count). The lowest BCUT2D eigenvalue weighted by Gasteiger charge is -2.01. The molecule has 0 saturated carbocycles. The van der Waals surface area contributed by atoms with Gasteiger partial charge in [-0.1, -0.05) is 11.8 Å². The molecule has 82 valence electrons. The van der Waals surface area contributed by atoms with Gasteiger partial charge in [0.05, 0.1) is 12.8 Å². The molecule has 0 aliphatic carbocycles. The predicted octanol–water partition coefficient (Wildman–Crippen LogP) is 1.39. The largest absolute Gasteiger partial charge is 0.481 e. The average molecular weight is 220 g/mol. The fourth-order valence-corrected chi connectivity index (χ4v) is 1.18. The zero-order chi connectivity index (χ0) is 12.0. The number of aldehydes is 1. The first kappa shape index (κ1) is 11.9. The number of halogens is 1. The van der Waals surface area contributed by atoms with Crippen molar-refractivity contribution < 1.29 is 19.1 Å². The van der Waals surface area contributed by atoms with E-state index in [-0.39, 0.29) is 12.8 Å². The molecule has 0 spiro atoms. The topological polar surface area (TPSA) is 54.4 Å². The Labute approximate surface area is 91.9 Å². The van der Waals surface area contributed by atoms with Gasteiger partial charge < -0.3 is 9.90 Å². The quantitative estimate of drug-likeness (QED) is 0.618. The van der Waals surface area contributed by atoms with E-state index in [4.69, 9.17) is 5.11 Å².